The first-order chi connectivity index (χ1) is 7.65. The Balaban J connectivity index is 1.75. The fourth-order valence-electron chi connectivity index (χ4n) is 2.14. The Bertz CT molecular complexity index is 285. The zero-order valence-electron chi connectivity index (χ0n) is 8.92. The van der Waals surface area contributed by atoms with Crippen molar-refractivity contribution in [3.63, 3.8) is 0 Å². The fourth-order valence-corrected chi connectivity index (χ4v) is 2.77. The van der Waals surface area contributed by atoms with Gasteiger partial charge in [-0.25, -0.2) is 0 Å². The van der Waals surface area contributed by atoms with Crippen molar-refractivity contribution in [2.45, 2.75) is 25.0 Å². The monoisotopic (exact) mass is 245 g/mol. The minimum Gasteiger partial charge on any atom is -0.481 e. The maximum atomic E-state index is 11.8. The molecule has 2 heterocycles. The average molecular weight is 245 g/mol. The highest BCUT2D eigenvalue weighted by Crippen LogP contribution is 2.26. The second-order valence-corrected chi connectivity index (χ2v) is 5.13. The first kappa shape index (κ1) is 11.7. The average Bonchev–Trinajstić information content (AvgIpc) is 2.57. The van der Waals surface area contributed by atoms with Crippen LogP contribution in [0.2, 0.25) is 0 Å². The number of amides is 1. The third kappa shape index (κ3) is 2.89. The molecule has 2 aliphatic heterocycles. The van der Waals surface area contributed by atoms with Crippen LogP contribution in [0.25, 0.3) is 0 Å². The van der Waals surface area contributed by atoms with Crippen LogP contribution >= 0.6 is 11.8 Å². The molecule has 2 saturated heterocycles. The van der Waals surface area contributed by atoms with Crippen molar-refractivity contribution in [1.82, 2.24) is 4.90 Å². The summed E-state index contributed by atoms with van der Waals surface area (Å²) in [5.41, 5.74) is 0. The fraction of sp³-hybridized carbons (Fsp3) is 0.800. The molecule has 0 aromatic rings. The molecule has 5 nitrogen and oxygen atoms in total. The van der Waals surface area contributed by atoms with Gasteiger partial charge in [-0.2, -0.15) is 0 Å². The number of hydrogen-bond donors (Lipinski definition) is 1. The molecular formula is C10H15NO4S. The minimum atomic E-state index is -0.875. The molecule has 2 rings (SSSR count). The van der Waals surface area contributed by atoms with E-state index in [1.54, 1.807) is 4.90 Å². The third-order valence-electron chi connectivity index (χ3n) is 2.85. The number of carboxylic acids is 1. The summed E-state index contributed by atoms with van der Waals surface area (Å²) in [4.78, 5) is 23.9. The molecule has 0 aromatic heterocycles. The minimum absolute atomic E-state index is 0.0110. The largest absolute Gasteiger partial charge is 0.481 e. The highest BCUT2D eigenvalue weighted by molar-refractivity contribution is 8.00. The standard InChI is InChI=1S/C10H15NO4S/c12-9(5-16-6-10(13)14)11-3-7-1-2-8(4-11)15-7/h7-8H,1-6H2,(H,13,14). The number of aliphatic carboxylic acids is 1. The summed E-state index contributed by atoms with van der Waals surface area (Å²) < 4.78 is 5.63. The highest BCUT2D eigenvalue weighted by atomic mass is 32.2. The van der Waals surface area contributed by atoms with Gasteiger partial charge in [-0.3, -0.25) is 9.59 Å². The summed E-state index contributed by atoms with van der Waals surface area (Å²) in [5, 5.41) is 8.47. The topological polar surface area (TPSA) is 66.8 Å². The summed E-state index contributed by atoms with van der Waals surface area (Å²) in [6.45, 7) is 1.34. The maximum absolute atomic E-state index is 11.8. The molecule has 90 valence electrons. The Morgan fingerprint density at radius 1 is 1.25 bits per heavy atom. The van der Waals surface area contributed by atoms with Gasteiger partial charge in [0.05, 0.1) is 23.7 Å². The van der Waals surface area contributed by atoms with Gasteiger partial charge in [0.1, 0.15) is 0 Å². The molecule has 1 amide bonds. The van der Waals surface area contributed by atoms with Gasteiger partial charge >= 0.3 is 5.97 Å². The normalized spacial score (nSPS) is 28.1. The Hall–Kier alpha value is -0.750. The first-order valence-corrected chi connectivity index (χ1v) is 6.53. The summed E-state index contributed by atoms with van der Waals surface area (Å²) in [6, 6.07) is 0. The Morgan fingerprint density at radius 3 is 2.44 bits per heavy atom. The van der Waals surface area contributed by atoms with E-state index in [2.05, 4.69) is 0 Å². The van der Waals surface area contributed by atoms with Crippen LogP contribution in [0.1, 0.15) is 12.8 Å². The molecule has 0 spiro atoms. The summed E-state index contributed by atoms with van der Waals surface area (Å²) in [6.07, 6.45) is 2.48. The van der Waals surface area contributed by atoms with E-state index in [0.29, 0.717) is 13.1 Å². The smallest absolute Gasteiger partial charge is 0.313 e. The first-order valence-electron chi connectivity index (χ1n) is 5.38. The summed E-state index contributed by atoms with van der Waals surface area (Å²) >= 11 is 1.15. The lowest BCUT2D eigenvalue weighted by molar-refractivity contribution is -0.136. The summed E-state index contributed by atoms with van der Waals surface area (Å²) in [7, 11) is 0. The van der Waals surface area contributed by atoms with Crippen LogP contribution in [0, 0.1) is 0 Å². The number of likely N-dealkylation sites (tertiary alicyclic amines) is 1. The number of hydrogen-bond acceptors (Lipinski definition) is 4. The third-order valence-corrected chi connectivity index (χ3v) is 3.75. The molecule has 16 heavy (non-hydrogen) atoms. The van der Waals surface area contributed by atoms with E-state index in [9.17, 15) is 9.59 Å². The van der Waals surface area contributed by atoms with Crippen LogP contribution < -0.4 is 0 Å². The Kier molecular flexibility index (Phi) is 3.70. The lowest BCUT2D eigenvalue weighted by Gasteiger charge is -2.32. The van der Waals surface area contributed by atoms with Gasteiger partial charge in [0.2, 0.25) is 5.91 Å². The number of carbonyl (C=O) groups excluding carboxylic acids is 1. The number of rotatable bonds is 4. The number of thioether (sulfide) groups is 1. The van der Waals surface area contributed by atoms with Crippen molar-refractivity contribution >= 4 is 23.6 Å². The van der Waals surface area contributed by atoms with Gasteiger partial charge in [0, 0.05) is 13.1 Å². The lowest BCUT2D eigenvalue weighted by atomic mass is 10.2. The van der Waals surface area contributed by atoms with Crippen LogP contribution in [0.3, 0.4) is 0 Å². The van der Waals surface area contributed by atoms with Crippen molar-refractivity contribution < 1.29 is 19.4 Å². The molecule has 0 aliphatic carbocycles. The number of morpholine rings is 1. The quantitative estimate of drug-likeness (QED) is 0.766. The number of nitrogens with zero attached hydrogens (tertiary/aromatic N) is 1. The lowest BCUT2D eigenvalue weighted by Crippen LogP contribution is -2.46. The Labute approximate surface area is 98.1 Å². The van der Waals surface area contributed by atoms with E-state index >= 15 is 0 Å². The number of carboxylic acid groups (broad SMARTS) is 1. The number of carbonyl (C=O) groups is 2. The molecule has 2 fully saturated rings. The van der Waals surface area contributed by atoms with Crippen molar-refractivity contribution in [3.05, 3.63) is 0 Å². The predicted octanol–water partition coefficient (Wildman–Crippen LogP) is 0.194. The Morgan fingerprint density at radius 2 is 1.88 bits per heavy atom. The SMILES string of the molecule is O=C(O)CSCC(=O)N1CC2CCC(C1)O2. The van der Waals surface area contributed by atoms with E-state index in [-0.39, 0.29) is 29.6 Å². The van der Waals surface area contributed by atoms with Crippen LogP contribution in [-0.4, -0.2) is 58.7 Å². The van der Waals surface area contributed by atoms with Crippen LogP contribution in [0.15, 0.2) is 0 Å². The van der Waals surface area contributed by atoms with Gasteiger partial charge in [-0.1, -0.05) is 0 Å². The van der Waals surface area contributed by atoms with Gasteiger partial charge in [-0.15, -0.1) is 11.8 Å². The van der Waals surface area contributed by atoms with Crippen LogP contribution in [-0.2, 0) is 14.3 Å². The molecule has 0 radical (unpaired) electrons. The zero-order chi connectivity index (χ0) is 11.5. The predicted molar refractivity (Wildman–Crippen MR) is 59.4 cm³/mol. The zero-order valence-corrected chi connectivity index (χ0v) is 9.74. The van der Waals surface area contributed by atoms with E-state index < -0.39 is 5.97 Å². The molecule has 2 aliphatic rings. The molecule has 2 atom stereocenters. The van der Waals surface area contributed by atoms with E-state index in [1.807, 2.05) is 0 Å². The second kappa shape index (κ2) is 5.05. The molecular weight excluding hydrogens is 230 g/mol. The molecule has 6 heteroatoms. The van der Waals surface area contributed by atoms with Gasteiger partial charge < -0.3 is 14.7 Å². The van der Waals surface area contributed by atoms with E-state index in [1.165, 1.54) is 0 Å². The second-order valence-electron chi connectivity index (χ2n) is 4.14. The van der Waals surface area contributed by atoms with Crippen molar-refractivity contribution in [3.8, 4) is 0 Å². The molecule has 0 saturated carbocycles. The summed E-state index contributed by atoms with van der Waals surface area (Å²) in [5.74, 6) is -0.597. The number of fused-ring (bicyclic) bond motifs is 2. The van der Waals surface area contributed by atoms with Crippen molar-refractivity contribution in [2.75, 3.05) is 24.6 Å². The van der Waals surface area contributed by atoms with E-state index in [4.69, 9.17) is 9.84 Å². The van der Waals surface area contributed by atoms with Crippen LogP contribution in [0.4, 0.5) is 0 Å². The maximum Gasteiger partial charge on any atom is 0.313 e. The van der Waals surface area contributed by atoms with Crippen molar-refractivity contribution in [1.29, 1.82) is 0 Å². The van der Waals surface area contributed by atoms with Crippen molar-refractivity contribution in [2.24, 2.45) is 0 Å². The molecule has 1 N–H and O–H groups in total. The van der Waals surface area contributed by atoms with Gasteiger partial charge in [0.15, 0.2) is 0 Å². The molecule has 2 unspecified atom stereocenters. The van der Waals surface area contributed by atoms with Gasteiger partial charge in [-0.05, 0) is 12.8 Å². The highest BCUT2D eigenvalue weighted by Gasteiger charge is 2.35. The number of ether oxygens (including phenoxy) is 1. The van der Waals surface area contributed by atoms with E-state index in [0.717, 1.165) is 24.6 Å². The molecule has 0 aromatic carbocycles. The molecule has 2 bridgehead atoms. The van der Waals surface area contributed by atoms with Crippen LogP contribution in [0.5, 0.6) is 0 Å². The van der Waals surface area contributed by atoms with Gasteiger partial charge in [0.25, 0.3) is 0 Å².